The first kappa shape index (κ1) is 33.1. The Hall–Kier alpha value is -4.05. The first-order valence-corrected chi connectivity index (χ1v) is 18.5. The molecule has 0 radical (unpaired) electrons. The molecule has 8 nitrogen and oxygen atoms in total. The van der Waals surface area contributed by atoms with Crippen LogP contribution < -0.4 is 20.1 Å². The molecule has 0 saturated carbocycles. The summed E-state index contributed by atoms with van der Waals surface area (Å²) in [7, 11) is 3.44. The van der Waals surface area contributed by atoms with Crippen molar-refractivity contribution in [3.8, 4) is 11.5 Å². The lowest BCUT2D eigenvalue weighted by molar-refractivity contribution is 0.00188. The zero-order valence-electron chi connectivity index (χ0n) is 29.1. The minimum Gasteiger partial charge on any atom is -0.497 e. The SMILES string of the molecule is C=C[C@H]1CN2CC[C@H]1C[C@H]2[C@@H](NC(=S)N[C@@H](c1ccnc2ccc(OC)cc12)[C@@H]1C[C@@H]2CCN1C[C@@H]2C=C)c1ccnc2ccc(OC)cc12. The maximum absolute atomic E-state index is 6.38. The van der Waals surface area contributed by atoms with E-state index in [9.17, 15) is 0 Å². The predicted octanol–water partition coefficient (Wildman–Crippen LogP) is 6.84. The number of rotatable bonds is 10. The van der Waals surface area contributed by atoms with E-state index in [0.29, 0.717) is 28.8 Å². The number of fused-ring (bicyclic) bond motifs is 8. The fourth-order valence-electron chi connectivity index (χ4n) is 9.62. The number of piperidine rings is 6. The second-order valence-electron chi connectivity index (χ2n) is 14.6. The number of pyridine rings is 2. The van der Waals surface area contributed by atoms with Gasteiger partial charge in [-0.25, -0.2) is 0 Å². The maximum Gasteiger partial charge on any atom is 0.167 e. The van der Waals surface area contributed by atoms with Crippen LogP contribution in [0.1, 0.15) is 48.9 Å². The number of nitrogens with one attached hydrogen (secondary N) is 2. The van der Waals surface area contributed by atoms with E-state index in [0.717, 1.165) is 72.3 Å². The van der Waals surface area contributed by atoms with Gasteiger partial charge in [-0.05, 0) is 134 Å². The number of hydrogen-bond acceptors (Lipinski definition) is 7. The number of benzene rings is 2. The molecular formula is C41H48N6O2S. The van der Waals surface area contributed by atoms with Gasteiger partial charge in [0.1, 0.15) is 11.5 Å². The zero-order chi connectivity index (χ0) is 34.4. The molecule has 2 unspecified atom stereocenters. The molecule has 10 rings (SSSR count). The number of hydrogen-bond donors (Lipinski definition) is 2. The summed E-state index contributed by atoms with van der Waals surface area (Å²) in [5.74, 6) is 3.92. The van der Waals surface area contributed by atoms with Gasteiger partial charge in [-0.1, -0.05) is 12.2 Å². The van der Waals surface area contributed by atoms with Crippen molar-refractivity contribution in [1.29, 1.82) is 0 Å². The topological polar surface area (TPSA) is 74.8 Å². The Balaban J connectivity index is 1.18. The molecule has 6 saturated heterocycles. The highest BCUT2D eigenvalue weighted by molar-refractivity contribution is 7.80. The third-order valence-electron chi connectivity index (χ3n) is 12.3. The summed E-state index contributed by atoms with van der Waals surface area (Å²) < 4.78 is 11.4. The molecule has 4 bridgehead atoms. The third kappa shape index (κ3) is 6.03. The molecule has 2 aromatic carbocycles. The normalized spacial score (nSPS) is 29.6. The average molecular weight is 689 g/mol. The summed E-state index contributed by atoms with van der Waals surface area (Å²) in [6.45, 7) is 12.6. The van der Waals surface area contributed by atoms with Gasteiger partial charge in [-0.15, -0.1) is 13.2 Å². The fraction of sp³-hybridized carbons (Fsp3) is 0.439. The zero-order valence-corrected chi connectivity index (χ0v) is 29.9. The summed E-state index contributed by atoms with van der Waals surface area (Å²) in [5, 5.41) is 10.7. The molecule has 260 valence electrons. The highest BCUT2D eigenvalue weighted by Gasteiger charge is 2.45. The Morgan fingerprint density at radius 2 is 1.22 bits per heavy atom. The molecule has 2 N–H and O–H groups in total. The van der Waals surface area contributed by atoms with Gasteiger partial charge in [0.2, 0.25) is 0 Å². The summed E-state index contributed by atoms with van der Waals surface area (Å²) in [4.78, 5) is 14.8. The highest BCUT2D eigenvalue weighted by atomic mass is 32.1. The summed E-state index contributed by atoms with van der Waals surface area (Å²) in [6, 6.07) is 17.1. The number of ether oxygens (including phenoxy) is 2. The molecule has 0 amide bonds. The van der Waals surface area contributed by atoms with Gasteiger partial charge in [0.15, 0.2) is 5.11 Å². The van der Waals surface area contributed by atoms with Crippen molar-refractivity contribution in [3.63, 3.8) is 0 Å². The Labute approximate surface area is 300 Å². The minimum atomic E-state index is -0.0515. The molecule has 6 aliphatic heterocycles. The number of nitrogens with zero attached hydrogens (tertiary/aromatic N) is 4. The van der Waals surface area contributed by atoms with Crippen LogP contribution in [-0.4, -0.2) is 77.4 Å². The number of aromatic nitrogens is 2. The van der Waals surface area contributed by atoms with Crippen LogP contribution in [0.25, 0.3) is 21.8 Å². The van der Waals surface area contributed by atoms with E-state index >= 15 is 0 Å². The van der Waals surface area contributed by atoms with Crippen molar-refractivity contribution in [2.75, 3.05) is 40.4 Å². The van der Waals surface area contributed by atoms with Gasteiger partial charge >= 0.3 is 0 Å². The Morgan fingerprint density at radius 1 is 0.760 bits per heavy atom. The molecule has 50 heavy (non-hydrogen) atoms. The lowest BCUT2D eigenvalue weighted by Gasteiger charge is -2.52. The second kappa shape index (κ2) is 13.9. The maximum atomic E-state index is 6.38. The Morgan fingerprint density at radius 3 is 1.60 bits per heavy atom. The van der Waals surface area contributed by atoms with Crippen molar-refractivity contribution < 1.29 is 9.47 Å². The Kier molecular flexibility index (Phi) is 9.23. The largest absolute Gasteiger partial charge is 0.497 e. The third-order valence-corrected chi connectivity index (χ3v) is 12.5. The number of methoxy groups -OCH3 is 2. The van der Waals surface area contributed by atoms with Gasteiger partial charge in [0.25, 0.3) is 0 Å². The smallest absolute Gasteiger partial charge is 0.167 e. The van der Waals surface area contributed by atoms with Gasteiger partial charge in [-0.2, -0.15) is 0 Å². The predicted molar refractivity (Wildman–Crippen MR) is 204 cm³/mol. The lowest BCUT2D eigenvalue weighted by Crippen LogP contribution is -2.60. The van der Waals surface area contributed by atoms with E-state index < -0.39 is 0 Å². The molecule has 0 spiro atoms. The molecule has 10 atom stereocenters. The fourth-order valence-corrected chi connectivity index (χ4v) is 9.88. The van der Waals surface area contributed by atoms with Crippen LogP contribution in [0.3, 0.4) is 0 Å². The van der Waals surface area contributed by atoms with Crippen molar-refractivity contribution in [3.05, 3.63) is 97.4 Å². The summed E-state index contributed by atoms with van der Waals surface area (Å²) in [5.41, 5.74) is 4.28. The molecule has 0 aliphatic carbocycles. The molecule has 6 aliphatic rings. The van der Waals surface area contributed by atoms with E-state index in [2.05, 4.69) is 70.0 Å². The van der Waals surface area contributed by atoms with E-state index in [1.165, 1.54) is 24.0 Å². The van der Waals surface area contributed by atoms with Crippen molar-refractivity contribution in [2.45, 2.75) is 49.9 Å². The lowest BCUT2D eigenvalue weighted by atomic mass is 9.73. The highest BCUT2D eigenvalue weighted by Crippen LogP contribution is 2.44. The first-order chi connectivity index (χ1) is 24.5. The molecule has 6 fully saturated rings. The average Bonchev–Trinajstić information content (AvgIpc) is 3.18. The van der Waals surface area contributed by atoms with E-state index in [4.69, 9.17) is 31.7 Å². The van der Waals surface area contributed by atoms with Crippen molar-refractivity contribution >= 4 is 39.1 Å². The van der Waals surface area contributed by atoms with Gasteiger partial charge in [-0.3, -0.25) is 19.8 Å². The summed E-state index contributed by atoms with van der Waals surface area (Å²) >= 11 is 6.38. The number of thiocarbonyl (C=S) groups is 1. The summed E-state index contributed by atoms with van der Waals surface area (Å²) in [6.07, 6.45) is 12.8. The second-order valence-corrected chi connectivity index (χ2v) is 15.0. The van der Waals surface area contributed by atoms with Crippen LogP contribution in [0, 0.1) is 23.7 Å². The van der Waals surface area contributed by atoms with Crippen LogP contribution in [0.2, 0.25) is 0 Å². The molecule has 2 aromatic heterocycles. The minimum absolute atomic E-state index is 0.0515. The van der Waals surface area contributed by atoms with Crippen LogP contribution >= 0.6 is 12.2 Å². The molecule has 4 aromatic rings. The van der Waals surface area contributed by atoms with Crippen molar-refractivity contribution in [2.24, 2.45) is 23.7 Å². The monoisotopic (exact) mass is 688 g/mol. The van der Waals surface area contributed by atoms with Crippen LogP contribution in [0.4, 0.5) is 0 Å². The van der Waals surface area contributed by atoms with Crippen LogP contribution in [0.15, 0.2) is 86.2 Å². The van der Waals surface area contributed by atoms with Gasteiger partial charge in [0, 0.05) is 48.3 Å². The van der Waals surface area contributed by atoms with Crippen molar-refractivity contribution in [1.82, 2.24) is 30.4 Å². The quantitative estimate of drug-likeness (QED) is 0.138. The van der Waals surface area contributed by atoms with Crippen LogP contribution in [-0.2, 0) is 0 Å². The van der Waals surface area contributed by atoms with E-state index in [1.807, 2.05) is 36.7 Å². The van der Waals surface area contributed by atoms with Gasteiger partial charge in [0.05, 0.1) is 37.3 Å². The molecule has 8 heterocycles. The molecule has 9 heteroatoms. The van der Waals surface area contributed by atoms with E-state index in [1.54, 1.807) is 14.2 Å². The van der Waals surface area contributed by atoms with E-state index in [-0.39, 0.29) is 24.2 Å². The Bertz CT molecular complexity index is 1780. The standard InChI is InChI=1S/C41H48N6O2S/c1-5-25-23-46-17-13-27(25)19-37(46)39(31-11-15-42-35-9-7-29(48-3)21-33(31)35)44-41(50)45-40(38-20-28-14-18-47(38)24-26(28)6-2)32-12-16-43-36-10-8-30(49-4)22-34(32)36/h5-12,15-16,21-22,25-28,37-40H,1-2,13-14,17-20,23-24H2,3-4H3,(H2,44,45,50)/t25-,26-,27-,28-,37-,38-,39-,40-/m0/s1. The molecular weight excluding hydrogens is 641 g/mol. The van der Waals surface area contributed by atoms with Crippen LogP contribution in [0.5, 0.6) is 11.5 Å². The first-order valence-electron chi connectivity index (χ1n) is 18.1. The van der Waals surface area contributed by atoms with Gasteiger partial charge < -0.3 is 20.1 Å².